The minimum atomic E-state index is 0.221. The first-order valence-electron chi connectivity index (χ1n) is 6.70. The summed E-state index contributed by atoms with van der Waals surface area (Å²) in [6.07, 6.45) is 0. The molecule has 0 aromatic heterocycles. The lowest BCUT2D eigenvalue weighted by Crippen LogP contribution is -2.03. The van der Waals surface area contributed by atoms with Crippen LogP contribution in [0.15, 0.2) is 40.9 Å². The Labute approximate surface area is 132 Å². The molecule has 5 heteroatoms. The van der Waals surface area contributed by atoms with Crippen molar-refractivity contribution < 1.29 is 14.6 Å². The molecule has 0 saturated heterocycles. The predicted molar refractivity (Wildman–Crippen MR) is 85.6 cm³/mol. The van der Waals surface area contributed by atoms with Crippen LogP contribution in [0.3, 0.4) is 0 Å². The predicted octanol–water partition coefficient (Wildman–Crippen LogP) is 3.59. The fourth-order valence-corrected chi connectivity index (χ4v) is 2.55. The van der Waals surface area contributed by atoms with Crippen molar-refractivity contribution in [3.05, 3.63) is 52.0 Å². The number of phenols is 1. The summed E-state index contributed by atoms with van der Waals surface area (Å²) in [6, 6.07) is 10.8. The average molecular weight is 352 g/mol. The Morgan fingerprint density at radius 3 is 2.62 bits per heavy atom. The van der Waals surface area contributed by atoms with Crippen molar-refractivity contribution in [1.29, 1.82) is 0 Å². The van der Waals surface area contributed by atoms with Crippen LogP contribution in [0.5, 0.6) is 17.2 Å². The Bertz CT molecular complexity index is 616. The second-order valence-corrected chi connectivity index (χ2v) is 5.35. The molecular weight excluding hydrogens is 334 g/mol. The van der Waals surface area contributed by atoms with Crippen LogP contribution in [0.25, 0.3) is 0 Å². The minimum Gasteiger partial charge on any atom is -0.508 e. The molecule has 21 heavy (non-hydrogen) atoms. The van der Waals surface area contributed by atoms with Gasteiger partial charge in [0.1, 0.15) is 12.4 Å². The molecule has 0 fully saturated rings. The molecule has 2 aromatic rings. The Hall–Kier alpha value is -1.72. The molecule has 3 N–H and O–H groups in total. The third kappa shape index (κ3) is 4.12. The number of hydrogen-bond donors (Lipinski definition) is 2. The van der Waals surface area contributed by atoms with E-state index in [0.29, 0.717) is 31.3 Å². The number of ether oxygens (including phenoxy) is 2. The molecule has 0 heterocycles. The lowest BCUT2D eigenvalue weighted by molar-refractivity contribution is 0.267. The van der Waals surface area contributed by atoms with Crippen LogP contribution in [-0.2, 0) is 13.2 Å². The van der Waals surface area contributed by atoms with E-state index in [-0.39, 0.29) is 5.75 Å². The van der Waals surface area contributed by atoms with E-state index in [2.05, 4.69) is 15.9 Å². The summed E-state index contributed by atoms with van der Waals surface area (Å²) in [4.78, 5) is 0. The number of benzene rings is 2. The van der Waals surface area contributed by atoms with Crippen molar-refractivity contribution in [2.45, 2.75) is 20.1 Å². The highest BCUT2D eigenvalue weighted by Gasteiger charge is 2.12. The molecular formula is C16H18BrNO3. The van der Waals surface area contributed by atoms with E-state index in [0.717, 1.165) is 15.6 Å². The van der Waals surface area contributed by atoms with E-state index in [1.165, 1.54) is 0 Å². The van der Waals surface area contributed by atoms with Crippen molar-refractivity contribution in [2.75, 3.05) is 6.61 Å². The summed E-state index contributed by atoms with van der Waals surface area (Å²) >= 11 is 3.49. The van der Waals surface area contributed by atoms with Crippen LogP contribution in [0.1, 0.15) is 18.1 Å². The fraction of sp³-hybridized carbons (Fsp3) is 0.250. The SMILES string of the molecule is CCOc1cc(CN)cc(Br)c1OCc1cccc(O)c1. The molecule has 0 aliphatic heterocycles. The van der Waals surface area contributed by atoms with Gasteiger partial charge in [0.2, 0.25) is 0 Å². The molecule has 0 radical (unpaired) electrons. The van der Waals surface area contributed by atoms with Gasteiger partial charge in [-0.2, -0.15) is 0 Å². The van der Waals surface area contributed by atoms with Crippen LogP contribution in [0.2, 0.25) is 0 Å². The van der Waals surface area contributed by atoms with Gasteiger partial charge in [0.15, 0.2) is 11.5 Å². The van der Waals surface area contributed by atoms with Gasteiger partial charge in [0.25, 0.3) is 0 Å². The lowest BCUT2D eigenvalue weighted by Gasteiger charge is -2.15. The molecule has 112 valence electrons. The van der Waals surface area contributed by atoms with Crippen molar-refractivity contribution in [3.63, 3.8) is 0 Å². The molecule has 0 spiro atoms. The number of nitrogens with two attached hydrogens (primary N) is 1. The molecule has 2 rings (SSSR count). The van der Waals surface area contributed by atoms with E-state index < -0.39 is 0 Å². The van der Waals surface area contributed by atoms with Gasteiger partial charge in [0.05, 0.1) is 11.1 Å². The number of rotatable bonds is 6. The first-order chi connectivity index (χ1) is 10.1. The second kappa shape index (κ2) is 7.33. The standard InChI is InChI=1S/C16H18BrNO3/c1-2-20-15-8-12(9-18)7-14(17)16(15)21-10-11-4-3-5-13(19)6-11/h3-8,19H,2,9-10,18H2,1H3. The molecule has 2 aromatic carbocycles. The summed E-state index contributed by atoms with van der Waals surface area (Å²) in [7, 11) is 0. The van der Waals surface area contributed by atoms with Crippen LogP contribution >= 0.6 is 15.9 Å². The normalized spacial score (nSPS) is 10.4. The van der Waals surface area contributed by atoms with Gasteiger partial charge < -0.3 is 20.3 Å². The van der Waals surface area contributed by atoms with E-state index in [9.17, 15) is 5.11 Å². The van der Waals surface area contributed by atoms with Crippen LogP contribution in [0.4, 0.5) is 0 Å². The topological polar surface area (TPSA) is 64.7 Å². The Balaban J connectivity index is 2.22. The maximum absolute atomic E-state index is 9.47. The van der Waals surface area contributed by atoms with Crippen molar-refractivity contribution in [2.24, 2.45) is 5.73 Å². The highest BCUT2D eigenvalue weighted by atomic mass is 79.9. The van der Waals surface area contributed by atoms with E-state index in [1.54, 1.807) is 18.2 Å². The number of halogens is 1. The van der Waals surface area contributed by atoms with Crippen molar-refractivity contribution in [1.82, 2.24) is 0 Å². The molecule has 0 aliphatic rings. The number of aromatic hydroxyl groups is 1. The molecule has 0 amide bonds. The third-order valence-corrected chi connectivity index (χ3v) is 3.49. The summed E-state index contributed by atoms with van der Waals surface area (Å²) < 4.78 is 12.2. The quantitative estimate of drug-likeness (QED) is 0.834. The van der Waals surface area contributed by atoms with Gasteiger partial charge in [-0.3, -0.25) is 0 Å². The first-order valence-corrected chi connectivity index (χ1v) is 7.49. The second-order valence-electron chi connectivity index (χ2n) is 4.50. The van der Waals surface area contributed by atoms with Crippen molar-refractivity contribution >= 4 is 15.9 Å². The molecule has 0 unspecified atom stereocenters. The smallest absolute Gasteiger partial charge is 0.175 e. The molecule has 0 saturated carbocycles. The molecule has 0 atom stereocenters. The van der Waals surface area contributed by atoms with Gasteiger partial charge in [-0.25, -0.2) is 0 Å². The third-order valence-electron chi connectivity index (χ3n) is 2.90. The van der Waals surface area contributed by atoms with Gasteiger partial charge in [0, 0.05) is 6.54 Å². The zero-order chi connectivity index (χ0) is 15.2. The Morgan fingerprint density at radius 1 is 1.14 bits per heavy atom. The molecule has 0 bridgehead atoms. The van der Waals surface area contributed by atoms with Gasteiger partial charge in [-0.15, -0.1) is 0 Å². The summed E-state index contributed by atoms with van der Waals surface area (Å²) in [5.41, 5.74) is 7.52. The van der Waals surface area contributed by atoms with Crippen LogP contribution in [0, 0.1) is 0 Å². The van der Waals surface area contributed by atoms with Gasteiger partial charge >= 0.3 is 0 Å². The van der Waals surface area contributed by atoms with Gasteiger partial charge in [-0.1, -0.05) is 12.1 Å². The highest BCUT2D eigenvalue weighted by Crippen LogP contribution is 2.37. The zero-order valence-corrected chi connectivity index (χ0v) is 13.4. The first kappa shape index (κ1) is 15.7. The zero-order valence-electron chi connectivity index (χ0n) is 11.8. The lowest BCUT2D eigenvalue weighted by atomic mass is 10.2. The Morgan fingerprint density at radius 2 is 1.95 bits per heavy atom. The summed E-state index contributed by atoms with van der Waals surface area (Å²) in [6.45, 7) is 3.24. The van der Waals surface area contributed by atoms with E-state index in [4.69, 9.17) is 15.2 Å². The number of phenolic OH excluding ortho intramolecular Hbond substituents is 1. The fourth-order valence-electron chi connectivity index (χ4n) is 1.94. The van der Waals surface area contributed by atoms with Crippen LogP contribution in [-0.4, -0.2) is 11.7 Å². The van der Waals surface area contributed by atoms with E-state index >= 15 is 0 Å². The molecule has 4 nitrogen and oxygen atoms in total. The Kier molecular flexibility index (Phi) is 5.47. The average Bonchev–Trinajstić information content (AvgIpc) is 2.46. The van der Waals surface area contributed by atoms with E-state index in [1.807, 2.05) is 25.1 Å². The highest BCUT2D eigenvalue weighted by molar-refractivity contribution is 9.10. The minimum absolute atomic E-state index is 0.221. The monoisotopic (exact) mass is 351 g/mol. The van der Waals surface area contributed by atoms with Crippen LogP contribution < -0.4 is 15.2 Å². The largest absolute Gasteiger partial charge is 0.508 e. The summed E-state index contributed by atoms with van der Waals surface area (Å²) in [5, 5.41) is 9.47. The van der Waals surface area contributed by atoms with Crippen molar-refractivity contribution in [3.8, 4) is 17.2 Å². The maximum Gasteiger partial charge on any atom is 0.175 e. The molecule has 0 aliphatic carbocycles. The summed E-state index contributed by atoms with van der Waals surface area (Å²) in [5.74, 6) is 1.52. The maximum atomic E-state index is 9.47. The van der Waals surface area contributed by atoms with Gasteiger partial charge in [-0.05, 0) is 58.2 Å². The number of hydrogen-bond acceptors (Lipinski definition) is 4.